The number of hydrogen-bond donors (Lipinski definition) is 2. The number of nitrogens with one attached hydrogen (secondary N) is 2. The Kier molecular flexibility index (Phi) is 4.83. The Morgan fingerprint density at radius 3 is 2.73 bits per heavy atom. The number of fused-ring (bicyclic) bond motifs is 3. The summed E-state index contributed by atoms with van der Waals surface area (Å²) in [6.45, 7) is 2.27. The number of halogens is 2. The highest BCUT2D eigenvalue weighted by Gasteiger charge is 2.33. The average molecular weight is 482 g/mol. The van der Waals surface area contributed by atoms with Crippen LogP contribution in [0.4, 0.5) is 11.4 Å². The van der Waals surface area contributed by atoms with Crippen molar-refractivity contribution in [3.05, 3.63) is 58.5 Å². The van der Waals surface area contributed by atoms with Crippen molar-refractivity contribution in [1.82, 2.24) is 25.1 Å². The van der Waals surface area contributed by atoms with E-state index in [0.29, 0.717) is 34.0 Å². The third-order valence-electron chi connectivity index (χ3n) is 6.37. The van der Waals surface area contributed by atoms with Crippen molar-refractivity contribution < 1.29 is 4.79 Å². The molecule has 0 bridgehead atoms. The molecular weight excluding hydrogens is 461 g/mol. The molecule has 1 saturated heterocycles. The van der Waals surface area contributed by atoms with Crippen LogP contribution in [-0.4, -0.2) is 52.5 Å². The fraction of sp³-hybridized carbons (Fsp3) is 0.261. The van der Waals surface area contributed by atoms with Crippen molar-refractivity contribution in [3.8, 4) is 11.3 Å². The lowest BCUT2D eigenvalue weighted by atomic mass is 10.1. The SMILES string of the molecule is CN1CN(c2c(Cl)cccc2Cl)C(=O)c2cnc3[nH]c(-c4cnn(C5CCNC5)c4)cc3c21. The first kappa shape index (κ1) is 20.5. The second-order valence-electron chi connectivity index (χ2n) is 8.46. The zero-order valence-electron chi connectivity index (χ0n) is 17.8. The Morgan fingerprint density at radius 2 is 1.97 bits per heavy atom. The second-order valence-corrected chi connectivity index (χ2v) is 9.28. The number of carbonyl (C=O) groups excluding carboxylic acids is 1. The van der Waals surface area contributed by atoms with Crippen LogP contribution in [0, 0.1) is 0 Å². The van der Waals surface area contributed by atoms with Gasteiger partial charge < -0.3 is 15.2 Å². The molecular formula is C23H21Cl2N7O. The normalized spacial score (nSPS) is 18.4. The van der Waals surface area contributed by atoms with Gasteiger partial charge in [-0.3, -0.25) is 14.4 Å². The molecule has 168 valence electrons. The van der Waals surface area contributed by atoms with E-state index < -0.39 is 0 Å². The fourth-order valence-corrected chi connectivity index (χ4v) is 5.34. The van der Waals surface area contributed by atoms with E-state index in [1.165, 1.54) is 0 Å². The maximum Gasteiger partial charge on any atom is 0.263 e. The van der Waals surface area contributed by atoms with Crippen LogP contribution in [-0.2, 0) is 0 Å². The molecule has 8 nitrogen and oxygen atoms in total. The smallest absolute Gasteiger partial charge is 0.263 e. The molecule has 0 aliphatic carbocycles. The molecule has 3 aromatic heterocycles. The Bertz CT molecular complexity index is 1370. The number of carbonyl (C=O) groups is 1. The Morgan fingerprint density at radius 1 is 1.15 bits per heavy atom. The Balaban J connectivity index is 1.40. The van der Waals surface area contributed by atoms with Crippen molar-refractivity contribution in [2.24, 2.45) is 0 Å². The summed E-state index contributed by atoms with van der Waals surface area (Å²) in [4.78, 5) is 25.0. The summed E-state index contributed by atoms with van der Waals surface area (Å²) < 4.78 is 2.02. The van der Waals surface area contributed by atoms with Gasteiger partial charge in [0.1, 0.15) is 5.65 Å². The maximum atomic E-state index is 13.5. The molecule has 1 atom stereocenters. The van der Waals surface area contributed by atoms with Crippen LogP contribution in [0.5, 0.6) is 0 Å². The predicted octanol–water partition coefficient (Wildman–Crippen LogP) is 4.32. The summed E-state index contributed by atoms with van der Waals surface area (Å²) >= 11 is 12.8. The van der Waals surface area contributed by atoms with Gasteiger partial charge in [0.15, 0.2) is 0 Å². The molecule has 10 heteroatoms. The maximum absolute atomic E-state index is 13.5. The van der Waals surface area contributed by atoms with E-state index in [-0.39, 0.29) is 5.91 Å². The van der Waals surface area contributed by atoms with E-state index in [4.69, 9.17) is 23.2 Å². The van der Waals surface area contributed by atoms with Crippen LogP contribution in [0.15, 0.2) is 42.9 Å². The van der Waals surface area contributed by atoms with Gasteiger partial charge in [0.05, 0.1) is 51.6 Å². The summed E-state index contributed by atoms with van der Waals surface area (Å²) in [7, 11) is 1.94. The topological polar surface area (TPSA) is 82.1 Å². The van der Waals surface area contributed by atoms with Gasteiger partial charge in [0, 0.05) is 36.9 Å². The lowest BCUT2D eigenvalue weighted by Gasteiger charge is -2.36. The standard InChI is InChI=1S/C23H21Cl2N7O/c1-30-12-31(21-17(24)3-2-4-18(21)25)23(33)16-10-27-22-15(20(16)30)7-19(29-22)13-8-28-32(11-13)14-5-6-26-9-14/h2-4,7-8,10-11,14,26H,5-6,9,12H2,1H3,(H,27,29). The molecule has 2 aliphatic heterocycles. The molecule has 33 heavy (non-hydrogen) atoms. The van der Waals surface area contributed by atoms with Gasteiger partial charge in [-0.15, -0.1) is 0 Å². The van der Waals surface area contributed by atoms with E-state index in [1.54, 1.807) is 29.3 Å². The highest BCUT2D eigenvalue weighted by atomic mass is 35.5. The largest absolute Gasteiger partial charge is 0.355 e. The van der Waals surface area contributed by atoms with Gasteiger partial charge in [-0.1, -0.05) is 29.3 Å². The van der Waals surface area contributed by atoms with Gasteiger partial charge in [-0.05, 0) is 31.2 Å². The predicted molar refractivity (Wildman–Crippen MR) is 130 cm³/mol. The molecule has 0 spiro atoms. The number of pyridine rings is 1. The first-order valence-electron chi connectivity index (χ1n) is 10.7. The van der Waals surface area contributed by atoms with Gasteiger partial charge in [-0.25, -0.2) is 4.98 Å². The third-order valence-corrected chi connectivity index (χ3v) is 6.98. The van der Waals surface area contributed by atoms with Gasteiger partial charge >= 0.3 is 0 Å². The molecule has 4 aromatic rings. The van der Waals surface area contributed by atoms with E-state index >= 15 is 0 Å². The number of aromatic nitrogens is 4. The molecule has 2 aliphatic rings. The molecule has 1 aromatic carbocycles. The number of rotatable bonds is 3. The van der Waals surface area contributed by atoms with Gasteiger partial charge in [-0.2, -0.15) is 5.10 Å². The van der Waals surface area contributed by atoms with Crippen LogP contribution in [0.25, 0.3) is 22.3 Å². The van der Waals surface area contributed by atoms with Gasteiger partial charge in [0.2, 0.25) is 0 Å². The summed E-state index contributed by atoms with van der Waals surface area (Å²) in [5.41, 5.74) is 4.48. The van der Waals surface area contributed by atoms with E-state index in [1.807, 2.05) is 28.9 Å². The summed E-state index contributed by atoms with van der Waals surface area (Å²) in [6, 6.07) is 7.64. The van der Waals surface area contributed by atoms with Crippen molar-refractivity contribution in [2.75, 3.05) is 36.6 Å². The lowest BCUT2D eigenvalue weighted by molar-refractivity contribution is 0.0982. The number of hydrogen-bond acceptors (Lipinski definition) is 5. The molecule has 1 fully saturated rings. The number of anilines is 2. The monoisotopic (exact) mass is 481 g/mol. The van der Waals surface area contributed by atoms with Crippen LogP contribution in [0.2, 0.25) is 10.0 Å². The molecule has 6 rings (SSSR count). The van der Waals surface area contributed by atoms with E-state index in [9.17, 15) is 4.79 Å². The minimum Gasteiger partial charge on any atom is -0.355 e. The summed E-state index contributed by atoms with van der Waals surface area (Å²) in [5, 5.41) is 9.68. The van der Waals surface area contributed by atoms with Crippen molar-refractivity contribution in [1.29, 1.82) is 0 Å². The lowest BCUT2D eigenvalue weighted by Crippen LogP contribution is -2.45. The first-order chi connectivity index (χ1) is 16.0. The quantitative estimate of drug-likeness (QED) is 0.455. The molecule has 1 unspecified atom stereocenters. The Labute approximate surface area is 200 Å². The van der Waals surface area contributed by atoms with Crippen LogP contribution in [0.3, 0.4) is 0 Å². The molecule has 2 N–H and O–H groups in total. The third kappa shape index (κ3) is 3.28. The number of H-pyrrole nitrogens is 1. The summed E-state index contributed by atoms with van der Waals surface area (Å²) in [5.74, 6) is -0.184. The molecule has 0 saturated carbocycles. The molecule has 5 heterocycles. The van der Waals surface area contributed by atoms with Crippen LogP contribution < -0.4 is 15.1 Å². The number of benzene rings is 1. The highest BCUT2D eigenvalue weighted by Crippen LogP contribution is 2.40. The van der Waals surface area contributed by atoms with Crippen molar-refractivity contribution >= 4 is 51.5 Å². The summed E-state index contributed by atoms with van der Waals surface area (Å²) in [6.07, 6.45) is 6.61. The zero-order chi connectivity index (χ0) is 22.7. The number of aromatic amines is 1. The second kappa shape index (κ2) is 7.76. The van der Waals surface area contributed by atoms with Gasteiger partial charge in [0.25, 0.3) is 5.91 Å². The minimum atomic E-state index is -0.184. The van der Waals surface area contributed by atoms with Crippen LogP contribution in [0.1, 0.15) is 22.8 Å². The van der Waals surface area contributed by atoms with Crippen molar-refractivity contribution in [2.45, 2.75) is 12.5 Å². The Hall–Kier alpha value is -3.07. The number of nitrogens with zero attached hydrogens (tertiary/aromatic N) is 5. The fourth-order valence-electron chi connectivity index (χ4n) is 4.74. The number of para-hydroxylation sites is 1. The van der Waals surface area contributed by atoms with Crippen LogP contribution >= 0.6 is 23.2 Å². The molecule has 1 amide bonds. The average Bonchev–Trinajstić information content (AvgIpc) is 3.56. The highest BCUT2D eigenvalue weighted by molar-refractivity contribution is 6.40. The minimum absolute atomic E-state index is 0.184. The van der Waals surface area contributed by atoms with E-state index in [0.717, 1.165) is 47.5 Å². The first-order valence-corrected chi connectivity index (χ1v) is 11.5. The molecule has 0 radical (unpaired) electrons. The van der Waals surface area contributed by atoms with Crippen molar-refractivity contribution in [3.63, 3.8) is 0 Å². The number of amides is 1. The zero-order valence-corrected chi connectivity index (χ0v) is 19.4. The van der Waals surface area contributed by atoms with E-state index in [2.05, 4.69) is 26.6 Å².